The highest BCUT2D eigenvalue weighted by Crippen LogP contribution is 2.49. The van der Waals surface area contributed by atoms with E-state index in [1.807, 2.05) is 0 Å². The van der Waals surface area contributed by atoms with Crippen LogP contribution >= 0.6 is 0 Å². The number of fused-ring (bicyclic) bond motifs is 3. The summed E-state index contributed by atoms with van der Waals surface area (Å²) in [5.41, 5.74) is 12.8. The number of anilines is 3. The Morgan fingerprint density at radius 2 is 1.15 bits per heavy atom. The van der Waals surface area contributed by atoms with E-state index in [9.17, 15) is 0 Å². The fraction of sp³-hybridized carbons (Fsp3) is 0.0588. The summed E-state index contributed by atoms with van der Waals surface area (Å²) in [6, 6.07) is 61.4. The lowest BCUT2D eigenvalue weighted by molar-refractivity contribution is 0.487. The first-order chi connectivity index (χ1) is 26.2. The Bertz CT molecular complexity index is 2750. The molecule has 2 heteroatoms. The zero-order valence-electron chi connectivity index (χ0n) is 29.5. The van der Waals surface area contributed by atoms with E-state index in [-0.39, 0.29) is 0 Å². The number of benzene rings is 8. The Kier molecular flexibility index (Phi) is 7.54. The van der Waals surface area contributed by atoms with Crippen molar-refractivity contribution in [3.05, 3.63) is 194 Å². The number of rotatable bonds is 6. The lowest BCUT2D eigenvalue weighted by Gasteiger charge is -2.31. The van der Waals surface area contributed by atoms with E-state index in [2.05, 4.69) is 200 Å². The van der Waals surface area contributed by atoms with Gasteiger partial charge in [-0.2, -0.15) is 0 Å². The van der Waals surface area contributed by atoms with Crippen molar-refractivity contribution in [2.45, 2.75) is 13.3 Å². The molecule has 8 aromatic rings. The second-order valence-corrected chi connectivity index (χ2v) is 14.2. The first-order valence-electron chi connectivity index (χ1n) is 18.5. The predicted molar refractivity (Wildman–Crippen MR) is 223 cm³/mol. The molecule has 0 saturated heterocycles. The maximum Gasteiger partial charge on any atom is 0.135 e. The van der Waals surface area contributed by atoms with Gasteiger partial charge in [-0.15, -0.1) is 0 Å². The van der Waals surface area contributed by atoms with Gasteiger partial charge < -0.3 is 9.64 Å². The van der Waals surface area contributed by atoms with Crippen LogP contribution in [0.1, 0.15) is 18.9 Å². The third-order valence-electron chi connectivity index (χ3n) is 10.7. The molecule has 0 radical (unpaired) electrons. The molecule has 1 aliphatic carbocycles. The lowest BCUT2D eigenvalue weighted by Crippen LogP contribution is -2.13. The molecular weight excluding hydrogens is 643 g/mol. The van der Waals surface area contributed by atoms with Crippen molar-refractivity contribution < 1.29 is 4.74 Å². The number of hydrogen-bond donors (Lipinski definition) is 0. The molecule has 2 aliphatic rings. The molecule has 0 saturated carbocycles. The number of ether oxygens (including phenoxy) is 1. The van der Waals surface area contributed by atoms with Crippen LogP contribution in [0.2, 0.25) is 0 Å². The molecule has 2 nitrogen and oxygen atoms in total. The second-order valence-electron chi connectivity index (χ2n) is 14.2. The van der Waals surface area contributed by atoms with Gasteiger partial charge in [0.2, 0.25) is 0 Å². The van der Waals surface area contributed by atoms with Crippen molar-refractivity contribution in [1.82, 2.24) is 0 Å². The van der Waals surface area contributed by atoms with Crippen LogP contribution in [0.5, 0.6) is 11.5 Å². The van der Waals surface area contributed by atoms with Crippen LogP contribution in [-0.4, -0.2) is 0 Å². The molecule has 0 amide bonds. The van der Waals surface area contributed by atoms with Crippen LogP contribution in [0.15, 0.2) is 188 Å². The Morgan fingerprint density at radius 3 is 1.98 bits per heavy atom. The highest BCUT2D eigenvalue weighted by atomic mass is 16.5. The minimum Gasteiger partial charge on any atom is -0.456 e. The molecule has 1 atom stereocenters. The molecule has 0 bridgehead atoms. The first kappa shape index (κ1) is 31.1. The van der Waals surface area contributed by atoms with Crippen LogP contribution in [0, 0.1) is 5.92 Å². The second kappa shape index (κ2) is 12.8. The van der Waals surface area contributed by atoms with Gasteiger partial charge in [-0.25, -0.2) is 0 Å². The number of allylic oxidation sites excluding steroid dienone is 4. The average Bonchev–Trinajstić information content (AvgIpc) is 3.21. The Morgan fingerprint density at radius 1 is 0.491 bits per heavy atom. The summed E-state index contributed by atoms with van der Waals surface area (Å²) < 4.78 is 6.50. The van der Waals surface area contributed by atoms with E-state index >= 15 is 0 Å². The van der Waals surface area contributed by atoms with E-state index in [1.165, 1.54) is 44.0 Å². The van der Waals surface area contributed by atoms with E-state index in [0.29, 0.717) is 5.92 Å². The maximum absolute atomic E-state index is 6.50. The average molecular weight is 680 g/mol. The first-order valence-corrected chi connectivity index (χ1v) is 18.5. The van der Waals surface area contributed by atoms with Gasteiger partial charge in [0, 0.05) is 27.8 Å². The SMILES string of the molecule is CC1C=C(c2ccccc2N(c2ccc(-c3ccc4ccccc4c3)cc2)c2ccccc2-c2ccc3c(c2)-c2cccc4cccc(c24)O3)C=CC1. The molecule has 252 valence electrons. The van der Waals surface area contributed by atoms with Gasteiger partial charge >= 0.3 is 0 Å². The predicted octanol–water partition coefficient (Wildman–Crippen LogP) is 14.5. The molecule has 53 heavy (non-hydrogen) atoms. The molecule has 1 heterocycles. The minimum atomic E-state index is 0.484. The molecular formula is C51H37NO. The van der Waals surface area contributed by atoms with E-state index in [1.54, 1.807) is 0 Å². The van der Waals surface area contributed by atoms with Gasteiger partial charge in [0.05, 0.1) is 11.4 Å². The quantitative estimate of drug-likeness (QED) is 0.173. The van der Waals surface area contributed by atoms with Crippen LogP contribution in [0.3, 0.4) is 0 Å². The van der Waals surface area contributed by atoms with Gasteiger partial charge in [-0.05, 0) is 105 Å². The molecule has 1 aliphatic heterocycles. The van der Waals surface area contributed by atoms with Crippen LogP contribution in [0.25, 0.3) is 60.5 Å². The summed E-state index contributed by atoms with van der Waals surface area (Å²) in [6.45, 7) is 2.30. The molecule has 1 unspecified atom stereocenters. The summed E-state index contributed by atoms with van der Waals surface area (Å²) in [5.74, 6) is 2.28. The van der Waals surface area contributed by atoms with Gasteiger partial charge in [-0.3, -0.25) is 0 Å². The largest absolute Gasteiger partial charge is 0.456 e. The standard InChI is InChI=1S/C51H37NO/c1-34-11-8-16-40(31-34)43-17-4-6-20-47(43)52(42-28-25-36(26-29-42)39-24-23-35-12-2-3-13-38(35)32-39)48-21-7-5-18-44(48)41-27-30-49-46(33-41)45-19-9-14-37-15-10-22-50(53-49)51(37)45/h2-10,12-34H,11H2,1H3. The van der Waals surface area contributed by atoms with Crippen molar-refractivity contribution >= 4 is 44.2 Å². The van der Waals surface area contributed by atoms with Gasteiger partial charge in [0.15, 0.2) is 0 Å². The van der Waals surface area contributed by atoms with Crippen LogP contribution in [-0.2, 0) is 0 Å². The minimum absolute atomic E-state index is 0.484. The molecule has 0 spiro atoms. The zero-order valence-corrected chi connectivity index (χ0v) is 29.5. The van der Waals surface area contributed by atoms with Crippen molar-refractivity contribution in [2.24, 2.45) is 5.92 Å². The molecule has 0 fully saturated rings. The fourth-order valence-corrected chi connectivity index (χ4v) is 8.16. The monoisotopic (exact) mass is 679 g/mol. The van der Waals surface area contributed by atoms with Crippen molar-refractivity contribution in [1.29, 1.82) is 0 Å². The van der Waals surface area contributed by atoms with E-state index < -0.39 is 0 Å². The van der Waals surface area contributed by atoms with Crippen molar-refractivity contribution in [3.8, 4) is 44.9 Å². The number of hydrogen-bond acceptors (Lipinski definition) is 2. The third kappa shape index (κ3) is 5.51. The van der Waals surface area contributed by atoms with Crippen molar-refractivity contribution in [3.63, 3.8) is 0 Å². The maximum atomic E-state index is 6.50. The Labute approximate surface area is 310 Å². The van der Waals surface area contributed by atoms with Crippen LogP contribution in [0.4, 0.5) is 17.1 Å². The summed E-state index contributed by atoms with van der Waals surface area (Å²) in [5, 5.41) is 4.85. The zero-order chi connectivity index (χ0) is 35.3. The lowest BCUT2D eigenvalue weighted by atomic mass is 9.91. The van der Waals surface area contributed by atoms with Gasteiger partial charge in [0.1, 0.15) is 11.5 Å². The van der Waals surface area contributed by atoms with Crippen LogP contribution < -0.4 is 9.64 Å². The summed E-state index contributed by atoms with van der Waals surface area (Å²) >= 11 is 0. The Balaban J connectivity index is 1.14. The Hall–Kier alpha value is -6.64. The van der Waals surface area contributed by atoms with E-state index in [4.69, 9.17) is 4.74 Å². The number of nitrogens with zero attached hydrogens (tertiary/aromatic N) is 1. The topological polar surface area (TPSA) is 12.5 Å². The summed E-state index contributed by atoms with van der Waals surface area (Å²) in [6.07, 6.45) is 8.07. The third-order valence-corrected chi connectivity index (χ3v) is 10.7. The highest BCUT2D eigenvalue weighted by Gasteiger charge is 2.24. The highest BCUT2D eigenvalue weighted by molar-refractivity contribution is 6.05. The molecule has 0 aromatic heterocycles. The van der Waals surface area contributed by atoms with Gasteiger partial charge in [0.25, 0.3) is 0 Å². The summed E-state index contributed by atoms with van der Waals surface area (Å²) in [7, 11) is 0. The molecule has 10 rings (SSSR count). The van der Waals surface area contributed by atoms with Gasteiger partial charge in [-0.1, -0.05) is 146 Å². The molecule has 0 N–H and O–H groups in total. The summed E-state index contributed by atoms with van der Waals surface area (Å²) in [4.78, 5) is 2.44. The molecule has 8 aromatic carbocycles. The van der Waals surface area contributed by atoms with E-state index in [0.717, 1.165) is 57.1 Å². The normalized spacial score (nSPS) is 14.4. The smallest absolute Gasteiger partial charge is 0.135 e. The fourth-order valence-electron chi connectivity index (χ4n) is 8.16. The van der Waals surface area contributed by atoms with Crippen molar-refractivity contribution in [2.75, 3.05) is 4.90 Å². The number of para-hydroxylation sites is 2.